The number of fused-ring (bicyclic) bond motifs is 6. The zero-order chi connectivity index (χ0) is 16.5. The highest BCUT2D eigenvalue weighted by Crippen LogP contribution is 2.66. The van der Waals surface area contributed by atoms with Gasteiger partial charge in [-0.25, -0.2) is 0 Å². The van der Waals surface area contributed by atoms with Gasteiger partial charge in [0.25, 0.3) is 0 Å². The summed E-state index contributed by atoms with van der Waals surface area (Å²) in [5.74, 6) is 1.90. The van der Waals surface area contributed by atoms with Crippen LogP contribution in [-0.2, 0) is 15.9 Å². The molecule has 5 rings (SSSR count). The molecule has 0 unspecified atom stereocenters. The van der Waals surface area contributed by atoms with E-state index in [4.69, 9.17) is 15.2 Å². The molecule has 0 aromatic heterocycles. The largest absolute Gasteiger partial charge is 0.399 e. The highest BCUT2D eigenvalue weighted by atomic mass is 16.7. The average molecular weight is 327 g/mol. The van der Waals surface area contributed by atoms with Crippen molar-refractivity contribution >= 4 is 5.69 Å². The Balaban J connectivity index is 1.52. The fraction of sp³-hybridized carbons (Fsp3) is 0.714. The molecule has 130 valence electrons. The molecule has 0 amide bonds. The van der Waals surface area contributed by atoms with Crippen LogP contribution in [0.5, 0.6) is 0 Å². The van der Waals surface area contributed by atoms with Crippen LogP contribution in [0.2, 0.25) is 0 Å². The zero-order valence-corrected chi connectivity index (χ0v) is 14.9. The van der Waals surface area contributed by atoms with Gasteiger partial charge in [-0.05, 0) is 79.5 Å². The molecule has 24 heavy (non-hydrogen) atoms. The van der Waals surface area contributed by atoms with Crippen LogP contribution < -0.4 is 5.73 Å². The van der Waals surface area contributed by atoms with Gasteiger partial charge in [0.1, 0.15) is 0 Å². The van der Waals surface area contributed by atoms with Crippen LogP contribution in [-0.4, -0.2) is 19.0 Å². The van der Waals surface area contributed by atoms with Crippen LogP contribution in [0.4, 0.5) is 5.69 Å². The van der Waals surface area contributed by atoms with E-state index in [1.165, 1.54) is 37.7 Å². The summed E-state index contributed by atoms with van der Waals surface area (Å²) in [4.78, 5) is 0. The van der Waals surface area contributed by atoms with E-state index in [1.807, 2.05) is 0 Å². The summed E-state index contributed by atoms with van der Waals surface area (Å²) in [5, 5.41) is 0. The minimum absolute atomic E-state index is 0.193. The second-order valence-electron chi connectivity index (χ2n) is 8.77. The van der Waals surface area contributed by atoms with Gasteiger partial charge in [0.2, 0.25) is 0 Å². The molecule has 0 radical (unpaired) electrons. The van der Waals surface area contributed by atoms with Crippen LogP contribution in [0, 0.1) is 24.2 Å². The summed E-state index contributed by atoms with van der Waals surface area (Å²) in [5.41, 5.74) is 11.7. The molecular weight excluding hydrogens is 298 g/mol. The van der Waals surface area contributed by atoms with Crippen molar-refractivity contribution in [3.8, 4) is 0 Å². The molecule has 0 bridgehead atoms. The van der Waals surface area contributed by atoms with Gasteiger partial charge >= 0.3 is 0 Å². The lowest BCUT2D eigenvalue weighted by Crippen LogP contribution is -2.51. The van der Waals surface area contributed by atoms with Gasteiger partial charge in [0.05, 0.1) is 13.2 Å². The topological polar surface area (TPSA) is 44.5 Å². The number of aryl methyl sites for hydroxylation is 2. The number of hydrogen-bond donors (Lipinski definition) is 1. The minimum Gasteiger partial charge on any atom is -0.399 e. The number of nitrogens with two attached hydrogens (primary N) is 1. The summed E-state index contributed by atoms with van der Waals surface area (Å²) in [6.07, 6.45) is 7.33. The average Bonchev–Trinajstić information content (AvgIpc) is 3.16. The predicted molar refractivity (Wildman–Crippen MR) is 94.8 cm³/mol. The fourth-order valence-corrected chi connectivity index (χ4v) is 6.65. The van der Waals surface area contributed by atoms with Gasteiger partial charge in [-0.2, -0.15) is 0 Å². The number of anilines is 1. The smallest absolute Gasteiger partial charge is 0.174 e. The first-order chi connectivity index (χ1) is 11.5. The van der Waals surface area contributed by atoms with E-state index in [2.05, 4.69) is 26.0 Å². The lowest BCUT2D eigenvalue weighted by Gasteiger charge is -2.52. The van der Waals surface area contributed by atoms with Crippen molar-refractivity contribution in [2.75, 3.05) is 18.9 Å². The van der Waals surface area contributed by atoms with Gasteiger partial charge in [0, 0.05) is 17.5 Å². The fourth-order valence-electron chi connectivity index (χ4n) is 6.65. The predicted octanol–water partition coefficient (Wildman–Crippen LogP) is 4.18. The molecule has 1 aliphatic heterocycles. The molecule has 2 N–H and O–H groups in total. The van der Waals surface area contributed by atoms with Gasteiger partial charge in [-0.3, -0.25) is 0 Å². The van der Waals surface area contributed by atoms with Crippen molar-refractivity contribution in [3.63, 3.8) is 0 Å². The van der Waals surface area contributed by atoms with Crippen LogP contribution in [0.15, 0.2) is 12.1 Å². The van der Waals surface area contributed by atoms with E-state index in [0.717, 1.165) is 37.2 Å². The Morgan fingerprint density at radius 3 is 2.67 bits per heavy atom. The molecule has 4 atom stereocenters. The molecular formula is C21H29NO2. The standard InChI is InChI=1S/C21H29NO2/c1-13-11-14-3-4-16-15(17(14)12-19(13)22)5-7-20(2)18(16)6-8-21(20)23-9-10-24-21/h11-12,15-16,18H,3-10,22H2,1-2H3/t15-,16+,18-,20-/m0/s1. The quantitative estimate of drug-likeness (QED) is 0.727. The summed E-state index contributed by atoms with van der Waals surface area (Å²) < 4.78 is 12.4. The molecule has 4 aliphatic rings. The maximum absolute atomic E-state index is 6.25. The molecule has 3 heteroatoms. The number of nitrogen functional groups attached to an aromatic ring is 1. The van der Waals surface area contributed by atoms with Crippen LogP contribution >= 0.6 is 0 Å². The molecule has 3 nitrogen and oxygen atoms in total. The Kier molecular flexibility index (Phi) is 3.16. The molecule has 1 heterocycles. The Labute approximate surface area is 144 Å². The normalized spacial score (nSPS) is 39.5. The SMILES string of the molecule is Cc1cc2c(cc1N)[C@H]1CC[C@@]3(C)[C@@H](CCC34OCCO4)[C@@H]1CC2. The third-order valence-electron chi connectivity index (χ3n) is 7.91. The van der Waals surface area contributed by atoms with Crippen molar-refractivity contribution in [3.05, 3.63) is 28.8 Å². The van der Waals surface area contributed by atoms with Crippen molar-refractivity contribution in [1.82, 2.24) is 0 Å². The summed E-state index contributed by atoms with van der Waals surface area (Å²) in [7, 11) is 0. The lowest BCUT2D eigenvalue weighted by molar-refractivity contribution is -0.237. The maximum Gasteiger partial charge on any atom is 0.174 e. The molecule has 1 aromatic rings. The minimum atomic E-state index is -0.283. The number of benzene rings is 1. The van der Waals surface area contributed by atoms with Crippen molar-refractivity contribution in [1.29, 1.82) is 0 Å². The first-order valence-corrected chi connectivity index (χ1v) is 9.71. The van der Waals surface area contributed by atoms with Crippen LogP contribution in [0.1, 0.15) is 61.6 Å². The van der Waals surface area contributed by atoms with E-state index in [-0.39, 0.29) is 11.2 Å². The Morgan fingerprint density at radius 2 is 1.88 bits per heavy atom. The second-order valence-corrected chi connectivity index (χ2v) is 8.77. The Bertz CT molecular complexity index is 679. The number of hydrogen-bond acceptors (Lipinski definition) is 3. The van der Waals surface area contributed by atoms with Crippen molar-refractivity contribution < 1.29 is 9.47 Å². The van der Waals surface area contributed by atoms with Crippen molar-refractivity contribution in [2.45, 2.75) is 64.1 Å². The zero-order valence-electron chi connectivity index (χ0n) is 14.9. The molecule has 3 fully saturated rings. The first kappa shape index (κ1) is 15.2. The molecule has 1 spiro atoms. The first-order valence-electron chi connectivity index (χ1n) is 9.71. The van der Waals surface area contributed by atoms with Crippen LogP contribution in [0.25, 0.3) is 0 Å². The Morgan fingerprint density at radius 1 is 1.08 bits per heavy atom. The van der Waals surface area contributed by atoms with E-state index < -0.39 is 0 Å². The van der Waals surface area contributed by atoms with E-state index in [9.17, 15) is 0 Å². The lowest BCUT2D eigenvalue weighted by atomic mass is 9.54. The van der Waals surface area contributed by atoms with Gasteiger partial charge in [-0.15, -0.1) is 0 Å². The monoisotopic (exact) mass is 327 g/mol. The molecule has 1 aromatic carbocycles. The Hall–Kier alpha value is -1.06. The number of ether oxygens (including phenoxy) is 2. The summed E-state index contributed by atoms with van der Waals surface area (Å²) >= 11 is 0. The summed E-state index contributed by atoms with van der Waals surface area (Å²) in [6.45, 7) is 6.13. The maximum atomic E-state index is 6.25. The highest BCUT2D eigenvalue weighted by Gasteiger charge is 2.64. The van der Waals surface area contributed by atoms with Crippen molar-refractivity contribution in [2.24, 2.45) is 17.3 Å². The molecule has 1 saturated heterocycles. The van der Waals surface area contributed by atoms with E-state index in [0.29, 0.717) is 5.92 Å². The van der Waals surface area contributed by atoms with Gasteiger partial charge in [0.15, 0.2) is 5.79 Å². The third kappa shape index (κ3) is 1.80. The van der Waals surface area contributed by atoms with Crippen LogP contribution in [0.3, 0.4) is 0 Å². The third-order valence-corrected chi connectivity index (χ3v) is 7.91. The highest BCUT2D eigenvalue weighted by molar-refractivity contribution is 5.53. The van der Waals surface area contributed by atoms with Gasteiger partial charge < -0.3 is 15.2 Å². The summed E-state index contributed by atoms with van der Waals surface area (Å²) in [6, 6.07) is 4.63. The second kappa shape index (κ2) is 4.98. The number of rotatable bonds is 0. The molecule has 2 saturated carbocycles. The van der Waals surface area contributed by atoms with Gasteiger partial charge in [-0.1, -0.05) is 13.0 Å². The van der Waals surface area contributed by atoms with E-state index in [1.54, 1.807) is 11.1 Å². The van der Waals surface area contributed by atoms with E-state index >= 15 is 0 Å². The molecule has 3 aliphatic carbocycles.